The molecule has 4 heterocycles. The molecule has 0 N–H and O–H groups in total. The van der Waals surface area contributed by atoms with Crippen molar-refractivity contribution in [2.24, 2.45) is 0 Å². The van der Waals surface area contributed by atoms with Crippen LogP contribution in [0.1, 0.15) is 61.6 Å². The molecule has 9 nitrogen and oxygen atoms in total. The lowest BCUT2D eigenvalue weighted by Gasteiger charge is -2.30. The number of hydrogen-bond donors (Lipinski definition) is 0. The van der Waals surface area contributed by atoms with Crippen LogP contribution in [-0.2, 0) is 0 Å². The van der Waals surface area contributed by atoms with Gasteiger partial charge in [-0.1, -0.05) is 5.21 Å². The number of ketones is 1. The summed E-state index contributed by atoms with van der Waals surface area (Å²) < 4.78 is 1.55. The van der Waals surface area contributed by atoms with Crippen molar-refractivity contribution in [1.29, 1.82) is 0 Å². The molecule has 2 aliphatic heterocycles. The van der Waals surface area contributed by atoms with Crippen molar-refractivity contribution in [3.8, 4) is 5.95 Å². The first-order valence-electron chi connectivity index (χ1n) is 9.83. The van der Waals surface area contributed by atoms with Gasteiger partial charge < -0.3 is 9.80 Å². The van der Waals surface area contributed by atoms with Crippen LogP contribution in [0.25, 0.3) is 5.95 Å². The normalized spacial score (nSPS) is 18.0. The number of Topliss-reactive ketones (excluding diaryl/α,β-unsaturated/α-hetero) is 1. The largest absolute Gasteiger partial charge is 0.341 e. The number of carbonyl (C=O) groups excluding carboxylic acids is 1. The van der Waals surface area contributed by atoms with Gasteiger partial charge in [-0.05, 0) is 45.4 Å². The van der Waals surface area contributed by atoms with E-state index in [4.69, 9.17) is 4.98 Å². The molecule has 27 heavy (non-hydrogen) atoms. The van der Waals surface area contributed by atoms with Crippen LogP contribution in [0.5, 0.6) is 0 Å². The minimum absolute atomic E-state index is 0.111. The van der Waals surface area contributed by atoms with Crippen molar-refractivity contribution in [1.82, 2.24) is 29.9 Å². The standard InChI is InChI=1S/C18H26N8O/c1-13-15(14(2)27)22-23-26(13)18-20-16(24-9-5-3-6-10-24)19-17(21-18)25-11-7-4-8-12-25/h3-12H2,1-2H3. The maximum Gasteiger partial charge on any atom is 0.258 e. The van der Waals surface area contributed by atoms with E-state index >= 15 is 0 Å². The fourth-order valence-electron chi connectivity index (χ4n) is 3.75. The maximum atomic E-state index is 11.8. The van der Waals surface area contributed by atoms with Gasteiger partial charge >= 0.3 is 0 Å². The first-order chi connectivity index (χ1) is 13.1. The number of nitrogens with zero attached hydrogens (tertiary/aromatic N) is 8. The van der Waals surface area contributed by atoms with Crippen LogP contribution < -0.4 is 9.80 Å². The Kier molecular flexibility index (Phi) is 5.00. The predicted octanol–water partition coefficient (Wildman–Crippen LogP) is 1.94. The van der Waals surface area contributed by atoms with Crippen molar-refractivity contribution in [2.45, 2.75) is 52.4 Å². The molecule has 9 heteroatoms. The molecule has 0 unspecified atom stereocenters. The van der Waals surface area contributed by atoms with Gasteiger partial charge in [0, 0.05) is 33.1 Å². The van der Waals surface area contributed by atoms with E-state index in [2.05, 4.69) is 30.1 Å². The van der Waals surface area contributed by atoms with E-state index in [0.29, 0.717) is 29.2 Å². The van der Waals surface area contributed by atoms with E-state index in [0.717, 1.165) is 51.9 Å². The molecule has 0 atom stereocenters. The third-order valence-electron chi connectivity index (χ3n) is 5.30. The maximum absolute atomic E-state index is 11.8. The summed E-state index contributed by atoms with van der Waals surface area (Å²) in [5.41, 5.74) is 1.01. The van der Waals surface area contributed by atoms with Gasteiger partial charge in [-0.3, -0.25) is 4.79 Å². The molecular formula is C18H26N8O. The van der Waals surface area contributed by atoms with E-state index in [1.54, 1.807) is 4.68 Å². The summed E-state index contributed by atoms with van der Waals surface area (Å²) in [5.74, 6) is 1.71. The molecule has 0 aliphatic carbocycles. The van der Waals surface area contributed by atoms with Crippen molar-refractivity contribution in [3.05, 3.63) is 11.4 Å². The molecule has 2 aromatic heterocycles. The number of hydrogen-bond acceptors (Lipinski definition) is 8. The lowest BCUT2D eigenvalue weighted by molar-refractivity contribution is 0.101. The van der Waals surface area contributed by atoms with E-state index in [1.165, 1.54) is 19.8 Å². The fraction of sp³-hybridized carbons (Fsp3) is 0.667. The molecule has 0 amide bonds. The van der Waals surface area contributed by atoms with Crippen LogP contribution in [0.15, 0.2) is 0 Å². The third kappa shape index (κ3) is 3.63. The zero-order valence-corrected chi connectivity index (χ0v) is 16.1. The predicted molar refractivity (Wildman–Crippen MR) is 102 cm³/mol. The molecule has 4 rings (SSSR count). The monoisotopic (exact) mass is 370 g/mol. The summed E-state index contributed by atoms with van der Waals surface area (Å²) in [4.78, 5) is 30.3. The van der Waals surface area contributed by atoms with E-state index in [1.807, 2.05) is 6.92 Å². The van der Waals surface area contributed by atoms with Gasteiger partial charge in [0.15, 0.2) is 11.5 Å². The van der Waals surface area contributed by atoms with Crippen molar-refractivity contribution in [2.75, 3.05) is 36.0 Å². The van der Waals surface area contributed by atoms with Gasteiger partial charge in [-0.25, -0.2) is 0 Å². The topological polar surface area (TPSA) is 92.9 Å². The lowest BCUT2D eigenvalue weighted by Crippen LogP contribution is -2.35. The van der Waals surface area contributed by atoms with Gasteiger partial charge in [0.25, 0.3) is 5.95 Å². The average molecular weight is 370 g/mol. The highest BCUT2D eigenvalue weighted by Gasteiger charge is 2.23. The Labute approximate surface area is 158 Å². The Balaban J connectivity index is 1.76. The zero-order valence-electron chi connectivity index (χ0n) is 16.1. The van der Waals surface area contributed by atoms with Crippen molar-refractivity contribution < 1.29 is 4.79 Å². The number of anilines is 2. The summed E-state index contributed by atoms with van der Waals surface area (Å²) in [6.45, 7) is 7.14. The number of piperidine rings is 2. The van der Waals surface area contributed by atoms with Crippen LogP contribution in [0.3, 0.4) is 0 Å². The lowest BCUT2D eigenvalue weighted by atomic mass is 10.1. The van der Waals surface area contributed by atoms with Crippen LogP contribution in [0, 0.1) is 6.92 Å². The summed E-state index contributed by atoms with van der Waals surface area (Å²) in [5, 5.41) is 8.15. The van der Waals surface area contributed by atoms with Crippen molar-refractivity contribution >= 4 is 17.7 Å². The van der Waals surface area contributed by atoms with Crippen molar-refractivity contribution in [3.63, 3.8) is 0 Å². The van der Waals surface area contributed by atoms with Crippen LogP contribution in [-0.4, -0.2) is 61.9 Å². The van der Waals surface area contributed by atoms with Crippen LogP contribution >= 0.6 is 0 Å². The van der Waals surface area contributed by atoms with E-state index in [-0.39, 0.29) is 5.78 Å². The summed E-state index contributed by atoms with van der Waals surface area (Å²) in [6, 6.07) is 0. The molecule has 2 aliphatic rings. The molecule has 2 aromatic rings. The molecule has 0 radical (unpaired) electrons. The number of rotatable bonds is 4. The van der Waals surface area contributed by atoms with E-state index in [9.17, 15) is 4.79 Å². The Hall–Kier alpha value is -2.58. The van der Waals surface area contributed by atoms with Gasteiger partial charge in [0.1, 0.15) is 0 Å². The second kappa shape index (κ2) is 7.58. The van der Waals surface area contributed by atoms with Gasteiger partial charge in [-0.2, -0.15) is 19.6 Å². The Morgan fingerprint density at radius 1 is 0.778 bits per heavy atom. The first-order valence-corrected chi connectivity index (χ1v) is 9.83. The molecule has 0 saturated carbocycles. The molecule has 2 saturated heterocycles. The molecular weight excluding hydrogens is 344 g/mol. The van der Waals surface area contributed by atoms with Gasteiger partial charge in [0.2, 0.25) is 11.9 Å². The summed E-state index contributed by atoms with van der Waals surface area (Å²) in [7, 11) is 0. The van der Waals surface area contributed by atoms with Crippen LogP contribution in [0.2, 0.25) is 0 Å². The fourth-order valence-corrected chi connectivity index (χ4v) is 3.75. The Morgan fingerprint density at radius 2 is 1.26 bits per heavy atom. The first kappa shape index (κ1) is 17.8. The Morgan fingerprint density at radius 3 is 1.70 bits per heavy atom. The Bertz CT molecular complexity index is 785. The third-order valence-corrected chi connectivity index (χ3v) is 5.30. The smallest absolute Gasteiger partial charge is 0.258 e. The zero-order chi connectivity index (χ0) is 18.8. The van der Waals surface area contributed by atoms with Gasteiger partial charge in [0.05, 0.1) is 5.69 Å². The summed E-state index contributed by atoms with van der Waals surface area (Å²) >= 11 is 0. The average Bonchev–Trinajstić information content (AvgIpc) is 3.11. The molecule has 144 valence electrons. The molecule has 2 fully saturated rings. The van der Waals surface area contributed by atoms with Crippen LogP contribution in [0.4, 0.5) is 11.9 Å². The molecule has 0 aromatic carbocycles. The second-order valence-corrected chi connectivity index (χ2v) is 7.32. The minimum Gasteiger partial charge on any atom is -0.341 e. The molecule has 0 bridgehead atoms. The second-order valence-electron chi connectivity index (χ2n) is 7.32. The minimum atomic E-state index is -0.111. The SMILES string of the molecule is CC(=O)c1nnn(-c2nc(N3CCCCC3)nc(N3CCCCC3)n2)c1C. The summed E-state index contributed by atoms with van der Waals surface area (Å²) in [6.07, 6.45) is 7.09. The highest BCUT2D eigenvalue weighted by molar-refractivity contribution is 5.93. The van der Waals surface area contributed by atoms with E-state index < -0.39 is 0 Å². The highest BCUT2D eigenvalue weighted by atomic mass is 16.1. The quantitative estimate of drug-likeness (QED) is 0.754. The number of aromatic nitrogens is 6. The molecule has 0 spiro atoms. The number of carbonyl (C=O) groups is 1. The highest BCUT2D eigenvalue weighted by Crippen LogP contribution is 2.22. The van der Waals surface area contributed by atoms with Gasteiger partial charge in [-0.15, -0.1) is 5.10 Å².